The molecule has 4 rings (SSSR count). The normalized spacial score (nSPS) is 21.4. The molecular formula is C23H25FN4O3. The Hall–Kier alpha value is -3.42. The highest BCUT2D eigenvalue weighted by Gasteiger charge is 2.42. The van der Waals surface area contributed by atoms with E-state index in [9.17, 15) is 14.0 Å². The summed E-state index contributed by atoms with van der Waals surface area (Å²) in [6.07, 6.45) is 0. The summed E-state index contributed by atoms with van der Waals surface area (Å²) in [6, 6.07) is 15.1. The number of hydrogen-bond acceptors (Lipinski definition) is 6. The Bertz CT molecular complexity index is 957. The summed E-state index contributed by atoms with van der Waals surface area (Å²) < 4.78 is 18.3. The van der Waals surface area contributed by atoms with Crippen molar-refractivity contribution in [2.45, 2.75) is 13.0 Å². The van der Waals surface area contributed by atoms with Gasteiger partial charge < -0.3 is 14.5 Å². The van der Waals surface area contributed by atoms with Gasteiger partial charge in [0, 0.05) is 31.9 Å². The second kappa shape index (κ2) is 9.16. The van der Waals surface area contributed by atoms with Crippen LogP contribution < -0.4 is 10.2 Å². The first kappa shape index (κ1) is 20.8. The highest BCUT2D eigenvalue weighted by Crippen LogP contribution is 2.31. The zero-order valence-electron chi connectivity index (χ0n) is 17.3. The van der Waals surface area contributed by atoms with Crippen LogP contribution in [0.4, 0.5) is 10.1 Å². The van der Waals surface area contributed by atoms with Crippen LogP contribution in [0.25, 0.3) is 0 Å². The molecule has 0 spiro atoms. The maximum Gasteiger partial charge on any atom is 0.321 e. The molecule has 0 radical (unpaired) electrons. The molecule has 8 heteroatoms. The Kier molecular flexibility index (Phi) is 6.16. The molecule has 2 atom stereocenters. The van der Waals surface area contributed by atoms with Crippen LogP contribution in [-0.2, 0) is 14.3 Å². The lowest BCUT2D eigenvalue weighted by atomic mass is 9.91. The monoisotopic (exact) mass is 424 g/mol. The molecule has 0 unspecified atom stereocenters. The van der Waals surface area contributed by atoms with Crippen LogP contribution in [0.15, 0.2) is 59.6 Å². The van der Waals surface area contributed by atoms with Crippen LogP contribution in [0, 0.1) is 11.7 Å². The van der Waals surface area contributed by atoms with Crippen molar-refractivity contribution in [3.8, 4) is 0 Å². The van der Waals surface area contributed by atoms with Crippen molar-refractivity contribution in [1.29, 1.82) is 0 Å². The number of nitrogens with one attached hydrogen (secondary N) is 1. The number of piperazine rings is 1. The van der Waals surface area contributed by atoms with Gasteiger partial charge >= 0.3 is 5.97 Å². The molecule has 31 heavy (non-hydrogen) atoms. The molecule has 2 aliphatic heterocycles. The maximum atomic E-state index is 13.2. The van der Waals surface area contributed by atoms with Crippen molar-refractivity contribution >= 4 is 23.5 Å². The van der Waals surface area contributed by atoms with Crippen molar-refractivity contribution < 1.29 is 18.7 Å². The van der Waals surface area contributed by atoms with Crippen LogP contribution in [0.2, 0.25) is 0 Å². The van der Waals surface area contributed by atoms with Gasteiger partial charge in [-0.1, -0.05) is 30.3 Å². The smallest absolute Gasteiger partial charge is 0.321 e. The van der Waals surface area contributed by atoms with E-state index in [4.69, 9.17) is 9.73 Å². The summed E-state index contributed by atoms with van der Waals surface area (Å²) in [5.74, 6) is -1.79. The quantitative estimate of drug-likeness (QED) is 0.603. The summed E-state index contributed by atoms with van der Waals surface area (Å²) in [6.45, 7) is 4.61. The first-order chi connectivity index (χ1) is 15.1. The molecule has 7 nitrogen and oxygen atoms in total. The van der Waals surface area contributed by atoms with E-state index in [1.165, 1.54) is 12.1 Å². The summed E-state index contributed by atoms with van der Waals surface area (Å²) in [4.78, 5) is 34.3. The van der Waals surface area contributed by atoms with E-state index in [0.717, 1.165) is 11.3 Å². The number of halogens is 1. The van der Waals surface area contributed by atoms with Crippen LogP contribution in [-0.4, -0.2) is 55.5 Å². The van der Waals surface area contributed by atoms with Crippen molar-refractivity contribution in [3.63, 3.8) is 0 Å². The molecule has 1 N–H and O–H groups in total. The van der Waals surface area contributed by atoms with Crippen molar-refractivity contribution in [2.24, 2.45) is 10.9 Å². The molecular weight excluding hydrogens is 399 g/mol. The van der Waals surface area contributed by atoms with E-state index in [-0.39, 0.29) is 12.4 Å². The van der Waals surface area contributed by atoms with E-state index < -0.39 is 23.8 Å². The zero-order chi connectivity index (χ0) is 21.8. The molecule has 162 valence electrons. The van der Waals surface area contributed by atoms with Crippen LogP contribution in [0.3, 0.4) is 0 Å². The van der Waals surface area contributed by atoms with E-state index >= 15 is 0 Å². The third kappa shape index (κ3) is 4.52. The molecule has 0 bridgehead atoms. The number of carbonyl (C=O) groups excluding carboxylic acids is 2. The zero-order valence-corrected chi connectivity index (χ0v) is 17.3. The lowest BCUT2D eigenvalue weighted by Crippen LogP contribution is -2.57. The lowest BCUT2D eigenvalue weighted by Gasteiger charge is -2.39. The predicted octanol–water partition coefficient (Wildman–Crippen LogP) is 2.35. The fraction of sp³-hybridized carbons (Fsp3) is 0.348. The van der Waals surface area contributed by atoms with Gasteiger partial charge in [0.25, 0.3) is 0 Å². The minimum absolute atomic E-state index is 0.200. The third-order valence-electron chi connectivity index (χ3n) is 5.55. The Balaban J connectivity index is 1.53. The number of ether oxygens (including phenoxy) is 1. The average Bonchev–Trinajstić information content (AvgIpc) is 2.80. The second-order valence-electron chi connectivity index (χ2n) is 7.48. The predicted molar refractivity (Wildman–Crippen MR) is 115 cm³/mol. The number of carbonyl (C=O) groups is 2. The number of anilines is 1. The minimum atomic E-state index is -1.02. The standard InChI is InChI=1S/C23H25FN4O3/c1-2-31-22(30)19-20(16-6-4-3-5-7-16)25-23(26-21(19)29)28-14-12-27(13-15-28)18-10-8-17(24)9-11-18/h3-11,19-20H,2,12-15H2,1H3,(H,25,26,29)/t19-,20+/m0/s1. The number of amides is 1. The van der Waals surface area contributed by atoms with Crippen molar-refractivity contribution in [3.05, 3.63) is 66.0 Å². The van der Waals surface area contributed by atoms with E-state index in [1.807, 2.05) is 35.2 Å². The summed E-state index contributed by atoms with van der Waals surface area (Å²) in [7, 11) is 0. The van der Waals surface area contributed by atoms with Gasteiger partial charge in [-0.25, -0.2) is 9.38 Å². The molecule has 1 fully saturated rings. The number of rotatable bonds is 4. The fourth-order valence-electron chi connectivity index (χ4n) is 3.94. The van der Waals surface area contributed by atoms with Gasteiger partial charge in [-0.2, -0.15) is 0 Å². The molecule has 2 aromatic carbocycles. The topological polar surface area (TPSA) is 74.2 Å². The summed E-state index contributed by atoms with van der Waals surface area (Å²) in [5, 5.41) is 2.81. The van der Waals surface area contributed by atoms with E-state index in [0.29, 0.717) is 32.1 Å². The SMILES string of the molecule is CCOC(=O)[C@@H]1C(=O)NC(N2CCN(c3ccc(F)cc3)CC2)=N[C@@H]1c1ccccc1. The number of benzene rings is 2. The van der Waals surface area contributed by atoms with Gasteiger partial charge in [0.2, 0.25) is 11.9 Å². The summed E-state index contributed by atoms with van der Waals surface area (Å²) >= 11 is 0. The van der Waals surface area contributed by atoms with Gasteiger partial charge in [-0.3, -0.25) is 14.9 Å². The van der Waals surface area contributed by atoms with E-state index in [1.54, 1.807) is 19.1 Å². The van der Waals surface area contributed by atoms with Gasteiger partial charge in [-0.15, -0.1) is 0 Å². The van der Waals surface area contributed by atoms with Gasteiger partial charge in [0.1, 0.15) is 11.9 Å². The molecule has 1 saturated heterocycles. The Morgan fingerprint density at radius 2 is 1.71 bits per heavy atom. The Labute approximate surface area is 180 Å². The van der Waals surface area contributed by atoms with E-state index in [2.05, 4.69) is 10.2 Å². The number of hydrogen-bond donors (Lipinski definition) is 1. The second-order valence-corrected chi connectivity index (χ2v) is 7.48. The Morgan fingerprint density at radius 3 is 2.35 bits per heavy atom. The van der Waals surface area contributed by atoms with Crippen molar-refractivity contribution in [1.82, 2.24) is 10.2 Å². The number of esters is 1. The molecule has 0 aromatic heterocycles. The summed E-state index contributed by atoms with van der Waals surface area (Å²) in [5.41, 5.74) is 1.75. The molecule has 0 saturated carbocycles. The first-order valence-corrected chi connectivity index (χ1v) is 10.4. The highest BCUT2D eigenvalue weighted by molar-refractivity contribution is 6.08. The van der Waals surface area contributed by atoms with Crippen LogP contribution in [0.1, 0.15) is 18.5 Å². The number of guanidine groups is 1. The maximum absolute atomic E-state index is 13.2. The molecule has 2 aromatic rings. The third-order valence-corrected chi connectivity index (χ3v) is 5.55. The van der Waals surface area contributed by atoms with Crippen LogP contribution >= 0.6 is 0 Å². The molecule has 0 aliphatic carbocycles. The molecule has 2 aliphatic rings. The molecule has 2 heterocycles. The van der Waals surface area contributed by atoms with Gasteiger partial charge in [0.15, 0.2) is 5.92 Å². The average molecular weight is 424 g/mol. The highest BCUT2D eigenvalue weighted by atomic mass is 19.1. The fourth-order valence-corrected chi connectivity index (χ4v) is 3.94. The number of nitrogens with zero attached hydrogens (tertiary/aromatic N) is 3. The largest absolute Gasteiger partial charge is 0.465 e. The minimum Gasteiger partial charge on any atom is -0.465 e. The van der Waals surface area contributed by atoms with Gasteiger partial charge in [0.05, 0.1) is 6.61 Å². The number of aliphatic imine (C=N–C) groups is 1. The van der Waals surface area contributed by atoms with Crippen LogP contribution in [0.5, 0.6) is 0 Å². The first-order valence-electron chi connectivity index (χ1n) is 10.4. The Morgan fingerprint density at radius 1 is 1.06 bits per heavy atom. The van der Waals surface area contributed by atoms with Crippen molar-refractivity contribution in [2.75, 3.05) is 37.7 Å². The lowest BCUT2D eigenvalue weighted by molar-refractivity contribution is -0.153. The van der Waals surface area contributed by atoms with Gasteiger partial charge in [-0.05, 0) is 36.8 Å². The molecule has 1 amide bonds.